The summed E-state index contributed by atoms with van der Waals surface area (Å²) >= 11 is 0. The molecule has 0 fully saturated rings. The lowest BCUT2D eigenvalue weighted by Crippen LogP contribution is -2.02. The molecule has 0 aliphatic heterocycles. The summed E-state index contributed by atoms with van der Waals surface area (Å²) in [6, 6.07) is 0. The lowest BCUT2D eigenvalue weighted by atomic mass is 10.5. The van der Waals surface area contributed by atoms with Crippen LogP contribution in [0.5, 0.6) is 0 Å². The molecule has 0 unspecified atom stereocenters. The van der Waals surface area contributed by atoms with Gasteiger partial charge in [0, 0.05) is 6.61 Å². The van der Waals surface area contributed by atoms with Gasteiger partial charge in [0.2, 0.25) is 0 Å². The van der Waals surface area contributed by atoms with Crippen molar-refractivity contribution in [3.05, 3.63) is 0 Å². The molecule has 7 heavy (non-hydrogen) atoms. The van der Waals surface area contributed by atoms with Crippen LogP contribution in [0.2, 0.25) is 0 Å². The second-order valence-corrected chi connectivity index (χ2v) is 0.724. The van der Waals surface area contributed by atoms with Crippen molar-refractivity contribution in [2.75, 3.05) is 6.61 Å². The first-order chi connectivity index (χ1) is 2.91. The molecule has 48 valence electrons. The second kappa shape index (κ2) is 40.4. The number of aliphatic hydroxyl groups excluding tert-OH is 1. The Kier molecular flexibility index (Phi) is 91.3. The van der Waals surface area contributed by atoms with Gasteiger partial charge in [-0.1, -0.05) is 6.92 Å². The summed E-state index contributed by atoms with van der Waals surface area (Å²) in [5.41, 5.74) is 0. The largest absolute Gasteiger partial charge is 0.412 e. The van der Waals surface area contributed by atoms with E-state index >= 15 is 0 Å². The van der Waals surface area contributed by atoms with E-state index in [-0.39, 0.29) is 5.48 Å². The summed E-state index contributed by atoms with van der Waals surface area (Å²) < 4.78 is 0. The summed E-state index contributed by atoms with van der Waals surface area (Å²) in [6.45, 7) is 2.25. The fourth-order valence-corrected chi connectivity index (χ4v) is 0. The third-order valence-corrected chi connectivity index (χ3v) is 0.224. The van der Waals surface area contributed by atoms with Crippen molar-refractivity contribution < 1.29 is 10.6 Å². The highest BCUT2D eigenvalue weighted by atomic mass is 16.2. The monoisotopic (exact) mass is 110 g/mol. The standard InChI is InChI=1S/C3H8O.H4N2.H2O/c1-2-3-4;1-2;/h4H,2-3H2,1H3;1-2H2;1H2. The Morgan fingerprint density at radius 1 is 1.43 bits per heavy atom. The van der Waals surface area contributed by atoms with E-state index in [2.05, 4.69) is 11.7 Å². The van der Waals surface area contributed by atoms with Crippen LogP contribution in [0.15, 0.2) is 0 Å². The van der Waals surface area contributed by atoms with Gasteiger partial charge in [-0.15, -0.1) is 0 Å². The highest BCUT2D eigenvalue weighted by molar-refractivity contribution is 4.10. The van der Waals surface area contributed by atoms with Crippen molar-refractivity contribution in [1.82, 2.24) is 0 Å². The molecule has 0 aromatic heterocycles. The zero-order valence-corrected chi connectivity index (χ0v) is 4.52. The van der Waals surface area contributed by atoms with Gasteiger partial charge in [-0.3, -0.25) is 11.7 Å². The Hall–Kier alpha value is -0.160. The van der Waals surface area contributed by atoms with Gasteiger partial charge >= 0.3 is 0 Å². The summed E-state index contributed by atoms with van der Waals surface area (Å²) in [5, 5.41) is 7.88. The van der Waals surface area contributed by atoms with E-state index in [4.69, 9.17) is 5.11 Å². The lowest BCUT2D eigenvalue weighted by molar-refractivity contribution is 0.295. The van der Waals surface area contributed by atoms with Crippen molar-refractivity contribution >= 4 is 0 Å². The molecule has 0 bridgehead atoms. The van der Waals surface area contributed by atoms with Crippen LogP contribution in [0.4, 0.5) is 0 Å². The van der Waals surface area contributed by atoms with Crippen molar-refractivity contribution in [2.45, 2.75) is 13.3 Å². The van der Waals surface area contributed by atoms with Crippen molar-refractivity contribution in [3.63, 3.8) is 0 Å². The minimum Gasteiger partial charge on any atom is -0.412 e. The quantitative estimate of drug-likeness (QED) is 0.279. The number of aliphatic hydroxyl groups is 1. The van der Waals surface area contributed by atoms with E-state index in [0.717, 1.165) is 6.42 Å². The number of rotatable bonds is 1. The molecule has 0 radical (unpaired) electrons. The van der Waals surface area contributed by atoms with Gasteiger partial charge in [0.15, 0.2) is 0 Å². The molecule has 0 aliphatic rings. The van der Waals surface area contributed by atoms with E-state index in [1.165, 1.54) is 0 Å². The van der Waals surface area contributed by atoms with Crippen LogP contribution in [0.25, 0.3) is 0 Å². The van der Waals surface area contributed by atoms with Gasteiger partial charge in [-0.25, -0.2) is 0 Å². The van der Waals surface area contributed by atoms with Crippen LogP contribution >= 0.6 is 0 Å². The molecule has 0 aromatic carbocycles. The molecule has 0 rings (SSSR count). The summed E-state index contributed by atoms with van der Waals surface area (Å²) in [4.78, 5) is 0. The summed E-state index contributed by atoms with van der Waals surface area (Å²) in [5.74, 6) is 8.00. The smallest absolute Gasteiger partial charge is 0.0428 e. The van der Waals surface area contributed by atoms with Crippen molar-refractivity contribution in [2.24, 2.45) is 11.7 Å². The van der Waals surface area contributed by atoms with E-state index in [1.807, 2.05) is 6.92 Å². The maximum absolute atomic E-state index is 7.88. The van der Waals surface area contributed by atoms with E-state index < -0.39 is 0 Å². The van der Waals surface area contributed by atoms with Crippen LogP contribution < -0.4 is 11.7 Å². The second-order valence-electron chi connectivity index (χ2n) is 0.724. The molecule has 0 saturated carbocycles. The summed E-state index contributed by atoms with van der Waals surface area (Å²) in [7, 11) is 0. The Labute approximate surface area is 43.4 Å². The fourth-order valence-electron chi connectivity index (χ4n) is 0. The molecule has 0 heterocycles. The normalized spacial score (nSPS) is 5.14. The average molecular weight is 110 g/mol. The molecule has 0 atom stereocenters. The zero-order chi connectivity index (χ0) is 5.41. The molecular weight excluding hydrogens is 96.0 g/mol. The fraction of sp³-hybridized carbons (Fsp3) is 1.00. The lowest BCUT2D eigenvalue weighted by Gasteiger charge is -1.69. The molecule has 0 aromatic rings. The minimum absolute atomic E-state index is 0. The Balaban J connectivity index is -0.0000000480. The van der Waals surface area contributed by atoms with Gasteiger partial charge in [-0.05, 0) is 6.42 Å². The Morgan fingerprint density at radius 2 is 1.57 bits per heavy atom. The van der Waals surface area contributed by atoms with Crippen LogP contribution in [0.1, 0.15) is 13.3 Å². The van der Waals surface area contributed by atoms with Gasteiger partial charge in [0.05, 0.1) is 0 Å². The highest BCUT2D eigenvalue weighted by Crippen LogP contribution is 1.61. The van der Waals surface area contributed by atoms with Crippen LogP contribution in [0, 0.1) is 0 Å². The Morgan fingerprint density at radius 3 is 1.57 bits per heavy atom. The third kappa shape index (κ3) is 122. The van der Waals surface area contributed by atoms with Gasteiger partial charge in [0.1, 0.15) is 0 Å². The third-order valence-electron chi connectivity index (χ3n) is 0.224. The van der Waals surface area contributed by atoms with Crippen LogP contribution in [-0.2, 0) is 0 Å². The number of hydrazine groups is 1. The maximum Gasteiger partial charge on any atom is 0.0428 e. The van der Waals surface area contributed by atoms with Crippen molar-refractivity contribution in [3.8, 4) is 0 Å². The molecule has 0 spiro atoms. The van der Waals surface area contributed by atoms with Crippen LogP contribution in [0.3, 0.4) is 0 Å². The van der Waals surface area contributed by atoms with Crippen molar-refractivity contribution in [1.29, 1.82) is 0 Å². The SMILES string of the molecule is CCCO.NN.O. The first-order valence-electron chi connectivity index (χ1n) is 1.86. The first-order valence-corrected chi connectivity index (χ1v) is 1.86. The van der Waals surface area contributed by atoms with Gasteiger partial charge in [-0.2, -0.15) is 0 Å². The molecule has 7 N–H and O–H groups in total. The Bertz CT molecular complexity index is 12.9. The van der Waals surface area contributed by atoms with Gasteiger partial charge < -0.3 is 10.6 Å². The van der Waals surface area contributed by atoms with Crippen LogP contribution in [-0.4, -0.2) is 17.2 Å². The van der Waals surface area contributed by atoms with E-state index in [0.29, 0.717) is 6.61 Å². The topological polar surface area (TPSA) is 104 Å². The summed E-state index contributed by atoms with van der Waals surface area (Å²) in [6.07, 6.45) is 0.875. The van der Waals surface area contributed by atoms with E-state index in [9.17, 15) is 0 Å². The predicted octanol–water partition coefficient (Wildman–Crippen LogP) is -1.62. The zero-order valence-electron chi connectivity index (χ0n) is 4.52. The molecule has 4 heteroatoms. The maximum atomic E-state index is 7.88. The highest BCUT2D eigenvalue weighted by Gasteiger charge is 1.57. The minimum atomic E-state index is 0. The molecule has 0 amide bonds. The molecule has 4 nitrogen and oxygen atoms in total. The van der Waals surface area contributed by atoms with E-state index in [1.54, 1.807) is 0 Å². The predicted molar refractivity (Wildman–Crippen MR) is 29.4 cm³/mol. The first kappa shape index (κ1) is 15.8. The average Bonchev–Trinajstić information content (AvgIpc) is 1.72. The molecule has 0 aliphatic carbocycles. The molecular formula is C3H14N2O2. The number of nitrogens with two attached hydrogens (primary N) is 2. The molecule has 0 saturated heterocycles. The number of hydrogen-bond donors (Lipinski definition) is 3. The number of hydrogen-bond acceptors (Lipinski definition) is 3. The van der Waals surface area contributed by atoms with Gasteiger partial charge in [0.25, 0.3) is 0 Å².